The smallest absolute Gasteiger partial charge is 0.324 e. The monoisotopic (exact) mass is 233 g/mol. The van der Waals surface area contributed by atoms with E-state index in [1.165, 1.54) is 4.90 Å². The molecule has 1 aliphatic heterocycles. The van der Waals surface area contributed by atoms with E-state index in [-0.39, 0.29) is 18.5 Å². The van der Waals surface area contributed by atoms with E-state index in [0.717, 1.165) is 16.7 Å². The highest BCUT2D eigenvalue weighted by Gasteiger charge is 2.28. The van der Waals surface area contributed by atoms with Gasteiger partial charge in [0, 0.05) is 6.54 Å². The number of aryl methyl sites for hydroxylation is 1. The number of nitrogens with zero attached hydrogens (tertiary/aromatic N) is 1. The van der Waals surface area contributed by atoms with Crippen LogP contribution in [-0.2, 0) is 17.9 Å². The Balaban J connectivity index is 2.18. The number of carbonyl (C=O) groups excluding carboxylic acids is 2. The second kappa shape index (κ2) is 4.55. The van der Waals surface area contributed by atoms with Crippen molar-refractivity contribution in [2.45, 2.75) is 20.0 Å². The lowest BCUT2D eigenvalue weighted by atomic mass is 10.0. The Morgan fingerprint density at radius 2 is 2.18 bits per heavy atom. The number of urea groups is 1. The maximum Gasteiger partial charge on any atom is 0.324 e. The molecule has 0 unspecified atom stereocenters. The van der Waals surface area contributed by atoms with Crippen molar-refractivity contribution in [3.8, 4) is 0 Å². The summed E-state index contributed by atoms with van der Waals surface area (Å²) in [4.78, 5) is 24.1. The Morgan fingerprint density at radius 3 is 2.71 bits per heavy atom. The van der Waals surface area contributed by atoms with E-state index in [4.69, 9.17) is 5.73 Å². The molecule has 2 rings (SSSR count). The summed E-state index contributed by atoms with van der Waals surface area (Å²) >= 11 is 0. The summed E-state index contributed by atoms with van der Waals surface area (Å²) < 4.78 is 0. The van der Waals surface area contributed by atoms with Crippen molar-refractivity contribution in [1.82, 2.24) is 10.2 Å². The lowest BCUT2D eigenvalue weighted by Crippen LogP contribution is -2.30. The van der Waals surface area contributed by atoms with Crippen LogP contribution in [0, 0.1) is 6.92 Å². The fourth-order valence-corrected chi connectivity index (χ4v) is 1.85. The van der Waals surface area contributed by atoms with Crippen molar-refractivity contribution in [1.29, 1.82) is 0 Å². The Morgan fingerprint density at radius 1 is 1.41 bits per heavy atom. The highest BCUT2D eigenvalue weighted by molar-refractivity contribution is 6.01. The summed E-state index contributed by atoms with van der Waals surface area (Å²) in [5.41, 5.74) is 8.60. The number of carbonyl (C=O) groups is 2. The standard InChI is InChI=1S/C12H15N3O2/c1-8-4-9(5-13)2-3-10(8)7-15-11(16)6-14-12(15)17/h2-4H,5-7,13H2,1H3,(H,14,17). The molecule has 0 atom stereocenters. The Kier molecular flexibility index (Phi) is 3.10. The van der Waals surface area contributed by atoms with Gasteiger partial charge in [-0.05, 0) is 23.6 Å². The van der Waals surface area contributed by atoms with Crippen LogP contribution in [0.4, 0.5) is 4.79 Å². The maximum atomic E-state index is 11.4. The van der Waals surface area contributed by atoms with Gasteiger partial charge in [-0.3, -0.25) is 9.69 Å². The molecule has 17 heavy (non-hydrogen) atoms. The molecule has 1 aromatic carbocycles. The minimum absolute atomic E-state index is 0.0960. The van der Waals surface area contributed by atoms with Crippen LogP contribution in [0.15, 0.2) is 18.2 Å². The minimum atomic E-state index is -0.322. The predicted molar refractivity (Wildman–Crippen MR) is 63.0 cm³/mol. The van der Waals surface area contributed by atoms with E-state index in [1.54, 1.807) is 0 Å². The van der Waals surface area contributed by atoms with Crippen molar-refractivity contribution < 1.29 is 9.59 Å². The van der Waals surface area contributed by atoms with Crippen LogP contribution in [0.3, 0.4) is 0 Å². The fraction of sp³-hybridized carbons (Fsp3) is 0.333. The van der Waals surface area contributed by atoms with E-state index in [9.17, 15) is 9.59 Å². The molecule has 1 fully saturated rings. The summed E-state index contributed by atoms with van der Waals surface area (Å²) in [5.74, 6) is -0.183. The fourth-order valence-electron chi connectivity index (χ4n) is 1.85. The molecule has 3 amide bonds. The van der Waals surface area contributed by atoms with Crippen LogP contribution in [-0.4, -0.2) is 23.4 Å². The molecule has 1 aliphatic rings. The third-order valence-electron chi connectivity index (χ3n) is 2.91. The molecule has 1 saturated heterocycles. The lowest BCUT2D eigenvalue weighted by molar-refractivity contribution is -0.125. The molecule has 0 aromatic heterocycles. The predicted octanol–water partition coefficient (Wildman–Crippen LogP) is 0.506. The molecular weight excluding hydrogens is 218 g/mol. The molecule has 0 spiro atoms. The van der Waals surface area contributed by atoms with Gasteiger partial charge in [0.15, 0.2) is 0 Å². The molecule has 90 valence electrons. The zero-order valence-electron chi connectivity index (χ0n) is 9.69. The van der Waals surface area contributed by atoms with Crippen LogP contribution in [0.2, 0.25) is 0 Å². The van der Waals surface area contributed by atoms with E-state index >= 15 is 0 Å². The first-order valence-corrected chi connectivity index (χ1v) is 5.48. The summed E-state index contributed by atoms with van der Waals surface area (Å²) in [5, 5.41) is 2.50. The molecule has 0 saturated carbocycles. The third-order valence-corrected chi connectivity index (χ3v) is 2.91. The van der Waals surface area contributed by atoms with Gasteiger partial charge in [-0.25, -0.2) is 4.79 Å². The van der Waals surface area contributed by atoms with Crippen molar-refractivity contribution >= 4 is 11.9 Å². The molecule has 3 N–H and O–H groups in total. The van der Waals surface area contributed by atoms with Gasteiger partial charge < -0.3 is 11.1 Å². The van der Waals surface area contributed by atoms with Gasteiger partial charge in [-0.1, -0.05) is 18.2 Å². The van der Waals surface area contributed by atoms with Gasteiger partial charge in [0.05, 0.1) is 13.1 Å². The Bertz CT molecular complexity index is 455. The van der Waals surface area contributed by atoms with E-state index in [0.29, 0.717) is 13.1 Å². The summed E-state index contributed by atoms with van der Waals surface area (Å²) in [7, 11) is 0. The topological polar surface area (TPSA) is 75.4 Å². The first-order chi connectivity index (χ1) is 8.11. The van der Waals surface area contributed by atoms with Crippen LogP contribution >= 0.6 is 0 Å². The molecule has 1 aromatic rings. The van der Waals surface area contributed by atoms with Gasteiger partial charge in [0.1, 0.15) is 0 Å². The second-order valence-electron chi connectivity index (χ2n) is 4.10. The van der Waals surface area contributed by atoms with Gasteiger partial charge >= 0.3 is 6.03 Å². The number of rotatable bonds is 3. The first-order valence-electron chi connectivity index (χ1n) is 5.48. The Hall–Kier alpha value is -1.88. The summed E-state index contributed by atoms with van der Waals surface area (Å²) in [6.45, 7) is 2.86. The third kappa shape index (κ3) is 2.29. The molecule has 0 bridgehead atoms. The number of hydrogen-bond acceptors (Lipinski definition) is 3. The molecular formula is C12H15N3O2. The molecule has 5 nitrogen and oxygen atoms in total. The highest BCUT2D eigenvalue weighted by Crippen LogP contribution is 2.15. The molecule has 1 heterocycles. The number of nitrogens with one attached hydrogen (secondary N) is 1. The number of imide groups is 1. The van der Waals surface area contributed by atoms with E-state index in [2.05, 4.69) is 5.32 Å². The maximum absolute atomic E-state index is 11.4. The van der Waals surface area contributed by atoms with Crippen LogP contribution in [0.5, 0.6) is 0 Å². The number of benzene rings is 1. The van der Waals surface area contributed by atoms with Gasteiger partial charge in [0.2, 0.25) is 5.91 Å². The zero-order valence-corrected chi connectivity index (χ0v) is 9.69. The van der Waals surface area contributed by atoms with Crippen LogP contribution in [0.1, 0.15) is 16.7 Å². The largest absolute Gasteiger partial charge is 0.329 e. The summed E-state index contributed by atoms with van der Waals surface area (Å²) in [6, 6.07) is 5.49. The average Bonchev–Trinajstić information content (AvgIpc) is 2.63. The average molecular weight is 233 g/mol. The van der Waals surface area contributed by atoms with Crippen LogP contribution < -0.4 is 11.1 Å². The van der Waals surface area contributed by atoms with Crippen molar-refractivity contribution in [2.75, 3.05) is 6.54 Å². The van der Waals surface area contributed by atoms with Crippen molar-refractivity contribution in [3.63, 3.8) is 0 Å². The molecule has 5 heteroatoms. The quantitative estimate of drug-likeness (QED) is 0.747. The minimum Gasteiger partial charge on any atom is -0.329 e. The van der Waals surface area contributed by atoms with Crippen molar-refractivity contribution in [3.05, 3.63) is 34.9 Å². The SMILES string of the molecule is Cc1cc(CN)ccc1CN1C(=O)CNC1=O. The van der Waals surface area contributed by atoms with Gasteiger partial charge in [-0.2, -0.15) is 0 Å². The van der Waals surface area contributed by atoms with Gasteiger partial charge in [-0.15, -0.1) is 0 Å². The zero-order chi connectivity index (χ0) is 12.4. The van der Waals surface area contributed by atoms with Gasteiger partial charge in [0.25, 0.3) is 0 Å². The summed E-state index contributed by atoms with van der Waals surface area (Å²) in [6.07, 6.45) is 0. The van der Waals surface area contributed by atoms with Crippen LogP contribution in [0.25, 0.3) is 0 Å². The van der Waals surface area contributed by atoms with Crippen molar-refractivity contribution in [2.24, 2.45) is 5.73 Å². The second-order valence-corrected chi connectivity index (χ2v) is 4.10. The normalized spacial score (nSPS) is 15.3. The first kappa shape index (κ1) is 11.6. The number of hydrogen-bond donors (Lipinski definition) is 2. The van der Waals surface area contributed by atoms with E-state index in [1.807, 2.05) is 25.1 Å². The number of nitrogens with two attached hydrogens (primary N) is 1. The molecule has 0 radical (unpaired) electrons. The van der Waals surface area contributed by atoms with E-state index < -0.39 is 0 Å². The number of amides is 3. The Labute approximate surface area is 99.6 Å². The lowest BCUT2D eigenvalue weighted by Gasteiger charge is -2.14. The highest BCUT2D eigenvalue weighted by atomic mass is 16.2. The molecule has 0 aliphatic carbocycles.